The number of anilines is 1. The normalized spacial score (nSPS) is 9.80. The second kappa shape index (κ2) is 7.13. The molecule has 0 radical (unpaired) electrons. The van der Waals surface area contributed by atoms with Crippen molar-refractivity contribution in [1.82, 2.24) is 0 Å². The predicted molar refractivity (Wildman–Crippen MR) is 84.7 cm³/mol. The van der Waals surface area contributed by atoms with Crippen LogP contribution in [0.25, 0.3) is 0 Å². The Morgan fingerprint density at radius 1 is 1.15 bits per heavy atom. The summed E-state index contributed by atoms with van der Waals surface area (Å²) in [6.07, 6.45) is 0. The van der Waals surface area contributed by atoms with Gasteiger partial charge in [0.05, 0.1) is 17.4 Å². The van der Waals surface area contributed by atoms with Gasteiger partial charge in [-0.3, -0.25) is 4.79 Å². The summed E-state index contributed by atoms with van der Waals surface area (Å²) in [6, 6.07) is 16.7. The van der Waals surface area contributed by atoms with Crippen LogP contribution < -0.4 is 5.32 Å². The number of hydrogen-bond acceptors (Lipinski definition) is 3. The monoisotopic (exact) mass is 346 g/mol. The highest BCUT2D eigenvalue weighted by Crippen LogP contribution is 2.20. The quantitative estimate of drug-likeness (QED) is 0.849. The molecule has 0 spiro atoms. The van der Waals surface area contributed by atoms with E-state index in [0.717, 1.165) is 9.37 Å². The number of nitrogens with one attached hydrogen (secondary N) is 1. The van der Waals surface area contributed by atoms with Crippen molar-refractivity contribution in [3.63, 3.8) is 0 Å². The van der Waals surface area contributed by atoms with Crippen molar-refractivity contribution in [1.29, 1.82) is 5.26 Å². The third kappa shape index (κ3) is 4.41. The van der Waals surface area contributed by atoms with E-state index >= 15 is 0 Å². The Morgan fingerprint density at radius 3 is 2.40 bits per heavy atom. The summed E-state index contributed by atoms with van der Waals surface area (Å²) < 4.78 is 1.02. The third-order valence-corrected chi connectivity index (χ3v) is 4.02. The highest BCUT2D eigenvalue weighted by atomic mass is 79.9. The molecule has 1 N–H and O–H groups in total. The molecule has 0 fully saturated rings. The Hall–Kier alpha value is -1.77. The summed E-state index contributed by atoms with van der Waals surface area (Å²) >= 11 is 4.85. The fraction of sp³-hybridized carbons (Fsp3) is 0.0667. The molecule has 0 saturated carbocycles. The zero-order valence-corrected chi connectivity index (χ0v) is 12.9. The number of carbonyl (C=O) groups is 1. The summed E-state index contributed by atoms with van der Waals surface area (Å²) in [7, 11) is 0. The van der Waals surface area contributed by atoms with Crippen molar-refractivity contribution in [2.45, 2.75) is 4.90 Å². The molecule has 20 heavy (non-hydrogen) atoms. The lowest BCUT2D eigenvalue weighted by atomic mass is 10.2. The maximum atomic E-state index is 11.8. The number of thioether (sulfide) groups is 1. The number of carbonyl (C=O) groups excluding carboxylic acids is 1. The molecule has 0 aromatic heterocycles. The summed E-state index contributed by atoms with van der Waals surface area (Å²) in [5.74, 6) is 0.282. The highest BCUT2D eigenvalue weighted by molar-refractivity contribution is 9.10. The molecule has 0 saturated heterocycles. The average molecular weight is 347 g/mol. The Morgan fingerprint density at radius 2 is 1.80 bits per heavy atom. The van der Waals surface area contributed by atoms with Crippen molar-refractivity contribution in [2.75, 3.05) is 11.1 Å². The number of hydrogen-bond donors (Lipinski definition) is 1. The molecule has 0 aliphatic rings. The first-order valence-electron chi connectivity index (χ1n) is 5.86. The van der Waals surface area contributed by atoms with Crippen LogP contribution in [0.1, 0.15) is 5.56 Å². The molecule has 2 aromatic carbocycles. The molecule has 0 atom stereocenters. The zero-order valence-electron chi connectivity index (χ0n) is 10.5. The molecule has 0 bridgehead atoms. The number of rotatable bonds is 4. The first kappa shape index (κ1) is 14.6. The molecule has 0 heterocycles. The van der Waals surface area contributed by atoms with Crippen LogP contribution in [0, 0.1) is 11.3 Å². The molecule has 3 nitrogen and oxygen atoms in total. The predicted octanol–water partition coefficient (Wildman–Crippen LogP) is 4.05. The summed E-state index contributed by atoms with van der Waals surface area (Å²) in [4.78, 5) is 12.8. The van der Waals surface area contributed by atoms with Crippen molar-refractivity contribution in [2.24, 2.45) is 0 Å². The van der Waals surface area contributed by atoms with E-state index < -0.39 is 0 Å². The smallest absolute Gasteiger partial charge is 0.234 e. The van der Waals surface area contributed by atoms with E-state index in [1.54, 1.807) is 24.3 Å². The van der Waals surface area contributed by atoms with Gasteiger partial charge in [-0.15, -0.1) is 11.8 Å². The summed E-state index contributed by atoms with van der Waals surface area (Å²) in [6.45, 7) is 0. The van der Waals surface area contributed by atoms with Crippen molar-refractivity contribution < 1.29 is 4.79 Å². The molecule has 0 aliphatic heterocycles. The van der Waals surface area contributed by atoms with Gasteiger partial charge < -0.3 is 5.32 Å². The van der Waals surface area contributed by atoms with Crippen LogP contribution in [-0.4, -0.2) is 11.7 Å². The molecule has 2 aromatic rings. The van der Waals surface area contributed by atoms with Gasteiger partial charge in [-0.05, 0) is 48.5 Å². The maximum Gasteiger partial charge on any atom is 0.234 e. The summed E-state index contributed by atoms with van der Waals surface area (Å²) in [5, 5.41) is 11.5. The number of halogens is 1. The SMILES string of the molecule is N#Cc1ccc(NC(=O)CSc2ccc(Br)cc2)cc1. The standard InChI is InChI=1S/C15H11BrN2OS/c16-12-3-7-14(8-4-12)20-10-15(19)18-13-5-1-11(9-17)2-6-13/h1-8H,10H2,(H,18,19). The van der Waals surface area contributed by atoms with E-state index in [1.807, 2.05) is 30.3 Å². The number of benzene rings is 2. The van der Waals surface area contributed by atoms with Crippen LogP contribution in [0.2, 0.25) is 0 Å². The number of nitriles is 1. The van der Waals surface area contributed by atoms with Gasteiger partial charge in [0.15, 0.2) is 0 Å². The highest BCUT2D eigenvalue weighted by Gasteiger charge is 2.04. The van der Waals surface area contributed by atoms with Gasteiger partial charge in [-0.2, -0.15) is 5.26 Å². The van der Waals surface area contributed by atoms with Crippen molar-refractivity contribution >= 4 is 39.3 Å². The lowest BCUT2D eigenvalue weighted by molar-refractivity contribution is -0.113. The van der Waals surface area contributed by atoms with E-state index in [0.29, 0.717) is 17.0 Å². The second-order valence-corrected chi connectivity index (χ2v) is 5.94. The van der Waals surface area contributed by atoms with Gasteiger partial charge in [0.1, 0.15) is 0 Å². The van der Waals surface area contributed by atoms with Crippen molar-refractivity contribution in [3.8, 4) is 6.07 Å². The van der Waals surface area contributed by atoms with Gasteiger partial charge in [0, 0.05) is 15.1 Å². The molecule has 0 unspecified atom stereocenters. The van der Waals surface area contributed by atoms with Crippen LogP contribution in [-0.2, 0) is 4.79 Å². The lowest BCUT2D eigenvalue weighted by Crippen LogP contribution is -2.13. The van der Waals surface area contributed by atoms with Gasteiger partial charge in [0.25, 0.3) is 0 Å². The van der Waals surface area contributed by atoms with Gasteiger partial charge in [0.2, 0.25) is 5.91 Å². The minimum absolute atomic E-state index is 0.0670. The Labute approximate surface area is 130 Å². The first-order chi connectivity index (χ1) is 9.67. The van der Waals surface area contributed by atoms with E-state index in [4.69, 9.17) is 5.26 Å². The van der Waals surface area contributed by atoms with Gasteiger partial charge in [-0.25, -0.2) is 0 Å². The van der Waals surface area contributed by atoms with E-state index in [-0.39, 0.29) is 5.91 Å². The van der Waals surface area contributed by atoms with Crippen LogP contribution in [0.4, 0.5) is 5.69 Å². The van der Waals surface area contributed by atoms with Crippen molar-refractivity contribution in [3.05, 3.63) is 58.6 Å². The zero-order chi connectivity index (χ0) is 14.4. The summed E-state index contributed by atoms with van der Waals surface area (Å²) in [5.41, 5.74) is 1.28. The largest absolute Gasteiger partial charge is 0.325 e. The molecule has 5 heteroatoms. The average Bonchev–Trinajstić information content (AvgIpc) is 2.47. The minimum Gasteiger partial charge on any atom is -0.325 e. The number of nitrogens with zero attached hydrogens (tertiary/aromatic N) is 1. The Bertz CT molecular complexity index is 632. The molecule has 1 amide bonds. The third-order valence-electron chi connectivity index (χ3n) is 2.48. The second-order valence-electron chi connectivity index (χ2n) is 3.98. The topological polar surface area (TPSA) is 52.9 Å². The molecular weight excluding hydrogens is 336 g/mol. The first-order valence-corrected chi connectivity index (χ1v) is 7.63. The van der Waals surface area contributed by atoms with E-state index in [1.165, 1.54) is 11.8 Å². The molecular formula is C15H11BrN2OS. The minimum atomic E-state index is -0.0670. The molecule has 2 rings (SSSR count). The molecule has 100 valence electrons. The van der Waals surface area contributed by atoms with E-state index in [2.05, 4.69) is 21.2 Å². The maximum absolute atomic E-state index is 11.8. The van der Waals surface area contributed by atoms with Crippen LogP contribution in [0.15, 0.2) is 57.9 Å². The van der Waals surface area contributed by atoms with Crippen LogP contribution in [0.5, 0.6) is 0 Å². The fourth-order valence-corrected chi connectivity index (χ4v) is 2.47. The Kier molecular flexibility index (Phi) is 5.22. The lowest BCUT2D eigenvalue weighted by Gasteiger charge is -2.05. The van der Waals surface area contributed by atoms with Crippen LogP contribution >= 0.6 is 27.7 Å². The molecule has 0 aliphatic carbocycles. The Balaban J connectivity index is 1.86. The van der Waals surface area contributed by atoms with Gasteiger partial charge >= 0.3 is 0 Å². The fourth-order valence-electron chi connectivity index (χ4n) is 1.50. The van der Waals surface area contributed by atoms with E-state index in [9.17, 15) is 4.79 Å². The number of amides is 1. The van der Waals surface area contributed by atoms with Gasteiger partial charge in [-0.1, -0.05) is 15.9 Å². The van der Waals surface area contributed by atoms with Crippen LogP contribution in [0.3, 0.4) is 0 Å².